The number of nitriles is 2. The highest BCUT2D eigenvalue weighted by molar-refractivity contribution is 6.15. The molecule has 0 bridgehead atoms. The summed E-state index contributed by atoms with van der Waals surface area (Å²) >= 11 is 0. The van der Waals surface area contributed by atoms with Crippen LogP contribution < -0.4 is 0 Å². The minimum atomic E-state index is -0.559. The Morgan fingerprint density at radius 3 is 1.00 bits per heavy atom. The molecule has 0 spiro atoms. The number of hydrogen-bond acceptors (Lipinski definition) is 13. The van der Waals surface area contributed by atoms with Gasteiger partial charge >= 0.3 is 23.9 Å². The van der Waals surface area contributed by atoms with Crippen LogP contribution in [0.15, 0.2) is 328 Å². The van der Waals surface area contributed by atoms with Crippen LogP contribution in [0.5, 0.6) is 0 Å². The molecule has 14 aromatic carbocycles. The molecule has 0 radical (unpaired) electrons. The van der Waals surface area contributed by atoms with Gasteiger partial charge in [0.25, 0.3) is 0 Å². The first-order valence-corrected chi connectivity index (χ1v) is 36.6. The molecule has 0 saturated carbocycles. The molecule has 0 N–H and O–H groups in total. The molecule has 0 amide bonds. The summed E-state index contributed by atoms with van der Waals surface area (Å²) in [5.41, 5.74) is 15.6. The summed E-state index contributed by atoms with van der Waals surface area (Å²) in [6, 6.07) is 105. The van der Waals surface area contributed by atoms with Crippen LogP contribution in [0.25, 0.3) is 127 Å². The van der Waals surface area contributed by atoms with Crippen molar-refractivity contribution in [1.82, 2.24) is 24.1 Å². The number of aromatic nitrogens is 5. The van der Waals surface area contributed by atoms with E-state index in [1.54, 1.807) is 72.8 Å². The van der Waals surface area contributed by atoms with Crippen LogP contribution in [0.4, 0.5) is 5.69 Å². The van der Waals surface area contributed by atoms with Gasteiger partial charge in [0, 0.05) is 38.2 Å². The van der Waals surface area contributed by atoms with Gasteiger partial charge in [-0.05, 0) is 183 Å². The van der Waals surface area contributed by atoms with Crippen molar-refractivity contribution in [3.63, 3.8) is 0 Å². The minimum absolute atomic E-state index is 0.0321. The number of esters is 4. The SMILES string of the molecule is [C-]#[N+]c1cccc(-c2ccc(-n3c4ccc(C(=O)OCc5ccccc5)cc4c4cc(C(=O)OCc5ccccc5)ccc43)c(-c3nc(-c4ccc(-c5ccc(C#N)cc5)cc4)nc(-c4cc(-c5cccc(C#N)c5)ccc4-n4c5ccc(C(=O)OCc6ccccc6)cc5c5cc(C(=O)OCc6ccccc6)ccc54)n3)c2)c1. The second-order valence-electron chi connectivity index (χ2n) is 27.2. The molecule has 16 heteroatoms. The quantitative estimate of drug-likeness (QED) is 0.0396. The molecule has 16 nitrogen and oxygen atoms in total. The smallest absolute Gasteiger partial charge is 0.338 e. The number of fused-ring (bicyclic) bond motifs is 6. The highest BCUT2D eigenvalue weighted by atomic mass is 16.5. The van der Waals surface area contributed by atoms with E-state index in [-0.39, 0.29) is 66.2 Å². The van der Waals surface area contributed by atoms with Crippen molar-refractivity contribution < 1.29 is 38.1 Å². The fourth-order valence-electron chi connectivity index (χ4n) is 14.3. The first-order chi connectivity index (χ1) is 56.0. The molecule has 0 atom stereocenters. The van der Waals surface area contributed by atoms with Crippen LogP contribution in [0.1, 0.15) is 74.8 Å². The molecule has 0 unspecified atom stereocenters. The highest BCUT2D eigenvalue weighted by Crippen LogP contribution is 2.43. The number of hydrogen-bond donors (Lipinski definition) is 0. The minimum Gasteiger partial charge on any atom is -0.457 e. The highest BCUT2D eigenvalue weighted by Gasteiger charge is 2.27. The first-order valence-electron chi connectivity index (χ1n) is 36.6. The molecule has 0 saturated heterocycles. The zero-order valence-electron chi connectivity index (χ0n) is 60.8. The fourth-order valence-corrected chi connectivity index (χ4v) is 14.3. The average Bonchev–Trinajstić information content (AvgIpc) is 1.52. The third-order valence-corrected chi connectivity index (χ3v) is 20.0. The van der Waals surface area contributed by atoms with Crippen molar-refractivity contribution in [3.05, 3.63) is 395 Å². The zero-order chi connectivity index (χ0) is 77.6. The van der Waals surface area contributed by atoms with Gasteiger partial charge in [-0.2, -0.15) is 10.5 Å². The lowest BCUT2D eigenvalue weighted by Crippen LogP contribution is -2.07. The summed E-state index contributed by atoms with van der Waals surface area (Å²) < 4.78 is 27.9. The van der Waals surface area contributed by atoms with Gasteiger partial charge in [-0.3, -0.25) is 0 Å². The van der Waals surface area contributed by atoms with Crippen LogP contribution >= 0.6 is 0 Å². The number of nitrogens with zero attached hydrogens (tertiary/aromatic N) is 8. The zero-order valence-corrected chi connectivity index (χ0v) is 60.8. The van der Waals surface area contributed by atoms with Gasteiger partial charge in [-0.15, -0.1) is 0 Å². The summed E-state index contributed by atoms with van der Waals surface area (Å²) in [5, 5.41) is 22.5. The lowest BCUT2D eigenvalue weighted by Gasteiger charge is -2.18. The predicted molar refractivity (Wildman–Crippen MR) is 439 cm³/mol. The number of carbonyl (C=O) groups excluding carboxylic acids is 4. The molecular weight excluding hydrogens is 1420 g/mol. The van der Waals surface area contributed by atoms with Gasteiger partial charge in [0.1, 0.15) is 26.4 Å². The Labute approximate surface area is 654 Å². The Morgan fingerprint density at radius 2 is 0.632 bits per heavy atom. The van der Waals surface area contributed by atoms with E-state index in [0.29, 0.717) is 99.6 Å². The average molecular weight is 1480 g/mol. The Hall–Kier alpha value is -16.0. The number of carbonyl (C=O) groups is 4. The van der Waals surface area contributed by atoms with Crippen LogP contribution in [0, 0.1) is 29.2 Å². The predicted octanol–water partition coefficient (Wildman–Crippen LogP) is 21.8. The van der Waals surface area contributed by atoms with Crippen LogP contribution in [-0.2, 0) is 45.4 Å². The van der Waals surface area contributed by atoms with Crippen LogP contribution in [-0.4, -0.2) is 48.0 Å². The molecule has 17 aromatic rings. The molecule has 0 aliphatic heterocycles. The van der Waals surface area contributed by atoms with Crippen molar-refractivity contribution >= 4 is 73.2 Å². The van der Waals surface area contributed by atoms with E-state index in [2.05, 4.69) is 26.1 Å². The lowest BCUT2D eigenvalue weighted by atomic mass is 9.99. The first kappa shape index (κ1) is 71.0. The standard InChI is InChI=1S/C98H62N8O8/c1-101-79-27-15-26-72(49-79)74-37-43-91(106-88-46-40-77(97(109)113-60-65-20-10-4-11-21-65)54-82(88)83-55-78(41-47-89(83)106)98(110)114-61-66-22-12-5-13-23-66)85(51-74)94-103-92(70-34-32-69(33-35-70)68-30-28-62(56-99)29-31-68)102-93(104-94)84-50-73(71-25-14-24-67(48-71)57-100)36-42-90(84)105-86-44-38-75(95(107)111-58-63-16-6-2-7-17-63)52-80(86)81-53-76(39-45-87(81)105)96(108)112-59-64-18-8-3-9-19-64/h2-55H,58-61H2. The van der Waals surface area contributed by atoms with Crippen molar-refractivity contribution in [3.8, 4) is 91.1 Å². The molecular formula is C98H62N8O8. The van der Waals surface area contributed by atoms with E-state index in [1.807, 2.05) is 255 Å². The summed E-state index contributed by atoms with van der Waals surface area (Å²) in [6.07, 6.45) is 0. The van der Waals surface area contributed by atoms with Crippen molar-refractivity contribution in [1.29, 1.82) is 10.5 Å². The largest absolute Gasteiger partial charge is 0.457 e. The molecule has 114 heavy (non-hydrogen) atoms. The number of rotatable bonds is 20. The summed E-state index contributed by atoms with van der Waals surface area (Å²) in [5.74, 6) is -1.58. The van der Waals surface area contributed by atoms with Crippen molar-refractivity contribution in [2.24, 2.45) is 0 Å². The van der Waals surface area contributed by atoms with Crippen LogP contribution in [0.2, 0.25) is 0 Å². The molecule has 17 rings (SSSR count). The Bertz CT molecular complexity index is 6200. The molecule has 542 valence electrons. The maximum absolute atomic E-state index is 14.3. The fraction of sp³-hybridized carbons (Fsp3) is 0.0408. The third kappa shape index (κ3) is 14.6. The van der Waals surface area contributed by atoms with Gasteiger partial charge in [0.2, 0.25) is 0 Å². The van der Waals surface area contributed by atoms with Gasteiger partial charge < -0.3 is 28.1 Å². The van der Waals surface area contributed by atoms with Gasteiger partial charge in [0.15, 0.2) is 23.2 Å². The van der Waals surface area contributed by atoms with E-state index in [4.69, 9.17) is 40.5 Å². The Kier molecular flexibility index (Phi) is 19.5. The Balaban J connectivity index is 0.907. The van der Waals surface area contributed by atoms with Crippen molar-refractivity contribution in [2.45, 2.75) is 26.4 Å². The molecule has 0 fully saturated rings. The number of ether oxygens (including phenoxy) is 4. The maximum atomic E-state index is 14.3. The normalized spacial score (nSPS) is 11.1. The maximum Gasteiger partial charge on any atom is 0.338 e. The lowest BCUT2D eigenvalue weighted by molar-refractivity contribution is 0.0464. The second-order valence-corrected chi connectivity index (χ2v) is 27.2. The topological polar surface area (TPSA) is 206 Å². The van der Waals surface area contributed by atoms with E-state index < -0.39 is 23.9 Å². The van der Waals surface area contributed by atoms with Gasteiger partial charge in [-0.25, -0.2) is 39.0 Å². The van der Waals surface area contributed by atoms with Crippen LogP contribution in [0.3, 0.4) is 0 Å². The molecule has 0 aliphatic carbocycles. The third-order valence-electron chi connectivity index (χ3n) is 20.0. The van der Waals surface area contributed by atoms with E-state index in [9.17, 15) is 29.7 Å². The second kappa shape index (κ2) is 31.3. The van der Waals surface area contributed by atoms with E-state index in [0.717, 1.165) is 44.5 Å². The van der Waals surface area contributed by atoms with Gasteiger partial charge in [0.05, 0.1) is 85.5 Å². The monoisotopic (exact) mass is 1480 g/mol. The number of benzene rings is 14. The molecule has 3 aromatic heterocycles. The van der Waals surface area contributed by atoms with E-state index >= 15 is 0 Å². The van der Waals surface area contributed by atoms with Crippen molar-refractivity contribution in [2.75, 3.05) is 0 Å². The van der Waals surface area contributed by atoms with E-state index in [1.165, 1.54) is 0 Å². The van der Waals surface area contributed by atoms with Gasteiger partial charge in [-0.1, -0.05) is 200 Å². The Morgan fingerprint density at radius 1 is 0.307 bits per heavy atom. The summed E-state index contributed by atoms with van der Waals surface area (Å²) in [6.45, 7) is 8.25. The molecule has 0 aliphatic rings. The molecule has 3 heterocycles. The summed E-state index contributed by atoms with van der Waals surface area (Å²) in [4.78, 5) is 77.8. The summed E-state index contributed by atoms with van der Waals surface area (Å²) in [7, 11) is 0.